The number of aliphatic carboxylic acids is 1. The van der Waals surface area contributed by atoms with E-state index in [1.807, 2.05) is 18.2 Å². The van der Waals surface area contributed by atoms with E-state index in [2.05, 4.69) is 10.1 Å². The lowest BCUT2D eigenvalue weighted by Gasteiger charge is -2.21. The molecule has 1 aliphatic heterocycles. The van der Waals surface area contributed by atoms with Crippen LogP contribution in [-0.4, -0.2) is 49.2 Å². The summed E-state index contributed by atoms with van der Waals surface area (Å²) in [5, 5.41) is 14.1. The zero-order chi connectivity index (χ0) is 18.3. The second-order valence-corrected chi connectivity index (χ2v) is 7.23. The maximum absolute atomic E-state index is 12.9. The van der Waals surface area contributed by atoms with Crippen molar-refractivity contribution in [3.05, 3.63) is 40.9 Å². The van der Waals surface area contributed by atoms with Crippen LogP contribution in [-0.2, 0) is 4.79 Å². The van der Waals surface area contributed by atoms with Crippen LogP contribution in [0.5, 0.6) is 0 Å². The summed E-state index contributed by atoms with van der Waals surface area (Å²) in [6, 6.07) is 7.04. The number of carbonyl (C=O) groups is 2. The number of hydrogen-bond donors (Lipinski definition) is 1. The monoisotopic (exact) mass is 374 g/mol. The Kier molecular flexibility index (Phi) is 4.40. The Morgan fingerprint density at radius 1 is 1.23 bits per heavy atom. The third-order valence-corrected chi connectivity index (χ3v) is 5.21. The quantitative estimate of drug-likeness (QED) is 0.869. The van der Waals surface area contributed by atoms with Crippen molar-refractivity contribution in [3.63, 3.8) is 0 Å². The van der Waals surface area contributed by atoms with Gasteiger partial charge in [0.2, 0.25) is 5.82 Å². The van der Waals surface area contributed by atoms with Crippen LogP contribution in [0.25, 0.3) is 5.69 Å². The highest BCUT2D eigenvalue weighted by atomic mass is 35.5. The first-order valence-electron chi connectivity index (χ1n) is 8.79. The Bertz CT molecular complexity index is 862. The van der Waals surface area contributed by atoms with E-state index in [0.29, 0.717) is 23.7 Å². The standard InChI is InChI=1S/C18H19ClN4O3/c19-13-5-1-2-6-14(13)23-17(11-7-8-11)20-16(21-23)18(26)22-9-3-4-12(22)10-15(24)25/h1-2,5-6,11-12H,3-4,7-10H2,(H,24,25). The molecule has 0 bridgehead atoms. The van der Waals surface area contributed by atoms with Crippen molar-refractivity contribution >= 4 is 23.5 Å². The van der Waals surface area contributed by atoms with Crippen LogP contribution in [0.3, 0.4) is 0 Å². The van der Waals surface area contributed by atoms with Gasteiger partial charge in [-0.3, -0.25) is 9.59 Å². The molecule has 0 radical (unpaired) electrons. The maximum Gasteiger partial charge on any atom is 0.305 e. The van der Waals surface area contributed by atoms with Crippen molar-refractivity contribution < 1.29 is 14.7 Å². The molecule has 2 aliphatic rings. The molecule has 7 nitrogen and oxygen atoms in total. The summed E-state index contributed by atoms with van der Waals surface area (Å²) in [7, 11) is 0. The predicted molar refractivity (Wildman–Crippen MR) is 94.7 cm³/mol. The van der Waals surface area contributed by atoms with Gasteiger partial charge < -0.3 is 10.0 Å². The molecule has 26 heavy (non-hydrogen) atoms. The molecule has 2 fully saturated rings. The minimum absolute atomic E-state index is 0.0492. The zero-order valence-corrected chi connectivity index (χ0v) is 14.9. The Hall–Kier alpha value is -2.41. The third-order valence-electron chi connectivity index (χ3n) is 4.89. The molecular formula is C18H19ClN4O3. The Morgan fingerprint density at radius 2 is 2.00 bits per heavy atom. The zero-order valence-electron chi connectivity index (χ0n) is 14.1. The number of likely N-dealkylation sites (tertiary alicyclic amines) is 1. The summed E-state index contributed by atoms with van der Waals surface area (Å²) in [6.45, 7) is 0.538. The summed E-state index contributed by atoms with van der Waals surface area (Å²) >= 11 is 6.30. The molecular weight excluding hydrogens is 356 g/mol. The lowest BCUT2D eigenvalue weighted by atomic mass is 10.1. The van der Waals surface area contributed by atoms with Crippen molar-refractivity contribution in [2.75, 3.05) is 6.54 Å². The molecule has 1 atom stereocenters. The average molecular weight is 375 g/mol. The number of aromatic nitrogens is 3. The van der Waals surface area contributed by atoms with Gasteiger partial charge in [-0.1, -0.05) is 23.7 Å². The van der Waals surface area contributed by atoms with Gasteiger partial charge in [0.15, 0.2) is 0 Å². The van der Waals surface area contributed by atoms with Crippen LogP contribution in [0.15, 0.2) is 24.3 Å². The molecule has 0 spiro atoms. The van der Waals surface area contributed by atoms with Crippen LogP contribution in [0.1, 0.15) is 54.5 Å². The summed E-state index contributed by atoms with van der Waals surface area (Å²) in [5.74, 6) is -0.0577. The van der Waals surface area contributed by atoms with Gasteiger partial charge in [-0.05, 0) is 37.8 Å². The van der Waals surface area contributed by atoms with Crippen LogP contribution in [0.4, 0.5) is 0 Å². The lowest BCUT2D eigenvalue weighted by molar-refractivity contribution is -0.137. The largest absolute Gasteiger partial charge is 0.481 e. The number of carbonyl (C=O) groups excluding carboxylic acids is 1. The highest BCUT2D eigenvalue weighted by Crippen LogP contribution is 2.40. The number of amides is 1. The first kappa shape index (κ1) is 17.0. The molecule has 2 heterocycles. The highest BCUT2D eigenvalue weighted by Gasteiger charge is 2.36. The van der Waals surface area contributed by atoms with Crippen molar-refractivity contribution in [3.8, 4) is 5.69 Å². The molecule has 8 heteroatoms. The molecule has 1 saturated heterocycles. The first-order chi connectivity index (χ1) is 12.5. The van der Waals surface area contributed by atoms with E-state index < -0.39 is 5.97 Å². The smallest absolute Gasteiger partial charge is 0.305 e. The molecule has 1 amide bonds. The van der Waals surface area contributed by atoms with Crippen LogP contribution >= 0.6 is 11.6 Å². The van der Waals surface area contributed by atoms with Gasteiger partial charge in [0, 0.05) is 18.5 Å². The summed E-state index contributed by atoms with van der Waals surface area (Å²) in [4.78, 5) is 30.1. The van der Waals surface area contributed by atoms with Gasteiger partial charge in [0.1, 0.15) is 5.82 Å². The van der Waals surface area contributed by atoms with E-state index in [0.717, 1.165) is 25.1 Å². The molecule has 1 unspecified atom stereocenters. The fraction of sp³-hybridized carbons (Fsp3) is 0.444. The minimum atomic E-state index is -0.900. The Labute approximate surface area is 155 Å². The lowest BCUT2D eigenvalue weighted by Crippen LogP contribution is -2.37. The van der Waals surface area contributed by atoms with Crippen LogP contribution in [0, 0.1) is 0 Å². The fourth-order valence-electron chi connectivity index (χ4n) is 3.47. The van der Waals surface area contributed by atoms with Crippen molar-refractivity contribution in [2.24, 2.45) is 0 Å². The maximum atomic E-state index is 12.9. The van der Waals surface area contributed by atoms with Gasteiger partial charge in [-0.2, -0.15) is 0 Å². The number of halogens is 1. The van der Waals surface area contributed by atoms with Crippen molar-refractivity contribution in [2.45, 2.75) is 44.1 Å². The Morgan fingerprint density at radius 3 is 2.69 bits per heavy atom. The second kappa shape index (κ2) is 6.72. The number of rotatable bonds is 5. The predicted octanol–water partition coefficient (Wildman–Crippen LogP) is 2.88. The summed E-state index contributed by atoms with van der Waals surface area (Å²) in [5.41, 5.74) is 0.700. The number of benzene rings is 1. The number of nitrogens with zero attached hydrogens (tertiary/aromatic N) is 4. The third kappa shape index (κ3) is 3.19. The Balaban J connectivity index is 1.67. The molecule has 1 aliphatic carbocycles. The molecule has 136 valence electrons. The van der Waals surface area contributed by atoms with E-state index in [-0.39, 0.29) is 30.1 Å². The molecule has 1 aromatic carbocycles. The highest BCUT2D eigenvalue weighted by molar-refractivity contribution is 6.32. The van der Waals surface area contributed by atoms with Crippen LogP contribution in [0.2, 0.25) is 5.02 Å². The number of para-hydroxylation sites is 1. The number of hydrogen-bond acceptors (Lipinski definition) is 4. The first-order valence-corrected chi connectivity index (χ1v) is 9.17. The fourth-order valence-corrected chi connectivity index (χ4v) is 3.68. The van der Waals surface area contributed by atoms with Gasteiger partial charge in [0.05, 0.1) is 17.1 Å². The molecule has 2 aromatic rings. The van der Waals surface area contributed by atoms with Crippen molar-refractivity contribution in [1.82, 2.24) is 19.7 Å². The molecule has 4 rings (SSSR count). The second-order valence-electron chi connectivity index (χ2n) is 6.82. The topological polar surface area (TPSA) is 88.3 Å². The van der Waals surface area contributed by atoms with Crippen molar-refractivity contribution in [1.29, 1.82) is 0 Å². The average Bonchev–Trinajstić information content (AvgIpc) is 3.19. The van der Waals surface area contributed by atoms with E-state index in [9.17, 15) is 9.59 Å². The van der Waals surface area contributed by atoms with Gasteiger partial charge in [-0.25, -0.2) is 9.67 Å². The summed E-state index contributed by atoms with van der Waals surface area (Å²) in [6.07, 6.45) is 3.47. The van der Waals surface area contributed by atoms with Crippen LogP contribution < -0.4 is 0 Å². The molecule has 1 saturated carbocycles. The normalized spacial score (nSPS) is 19.7. The molecule has 1 aromatic heterocycles. The number of carboxylic acid groups (broad SMARTS) is 1. The molecule has 1 N–H and O–H groups in total. The summed E-state index contributed by atoms with van der Waals surface area (Å²) < 4.78 is 1.66. The number of carboxylic acids is 1. The van der Waals surface area contributed by atoms with Gasteiger partial charge in [-0.15, -0.1) is 5.10 Å². The van der Waals surface area contributed by atoms with Gasteiger partial charge >= 0.3 is 5.97 Å². The van der Waals surface area contributed by atoms with E-state index in [1.54, 1.807) is 15.6 Å². The van der Waals surface area contributed by atoms with E-state index >= 15 is 0 Å². The van der Waals surface area contributed by atoms with E-state index in [4.69, 9.17) is 16.7 Å². The SMILES string of the molecule is O=C(O)CC1CCCN1C(=O)c1nc(C2CC2)n(-c2ccccc2Cl)n1. The van der Waals surface area contributed by atoms with E-state index in [1.165, 1.54) is 0 Å². The minimum Gasteiger partial charge on any atom is -0.481 e. The van der Waals surface area contributed by atoms with Gasteiger partial charge in [0.25, 0.3) is 5.91 Å².